The van der Waals surface area contributed by atoms with E-state index in [2.05, 4.69) is 25.2 Å². The van der Waals surface area contributed by atoms with E-state index in [1.54, 1.807) is 6.08 Å². The van der Waals surface area contributed by atoms with Crippen LogP contribution in [0.5, 0.6) is 0 Å². The molecular weight excluding hydrogens is 453 g/mol. The van der Waals surface area contributed by atoms with Gasteiger partial charge in [-0.05, 0) is 92.9 Å². The fourth-order valence-electron chi connectivity index (χ4n) is 8.41. The van der Waals surface area contributed by atoms with Gasteiger partial charge >= 0.3 is 6.18 Å². The minimum atomic E-state index is -4.44. The summed E-state index contributed by atoms with van der Waals surface area (Å²) in [6.45, 7) is 7.31. The number of rotatable bonds is 3. The molecule has 0 bridgehead atoms. The van der Waals surface area contributed by atoms with Gasteiger partial charge in [0.1, 0.15) is 0 Å². The average molecular weight is 489 g/mol. The van der Waals surface area contributed by atoms with Crippen LogP contribution in [-0.4, -0.2) is 29.3 Å². The van der Waals surface area contributed by atoms with Gasteiger partial charge in [0, 0.05) is 29.6 Å². The second-order valence-electron chi connectivity index (χ2n) is 11.5. The third-order valence-corrected chi connectivity index (χ3v) is 10.1. The Morgan fingerprint density at radius 2 is 1.89 bits per heavy atom. The van der Waals surface area contributed by atoms with Gasteiger partial charge in [-0.3, -0.25) is 9.59 Å². The number of benzene rings is 1. The Balaban J connectivity index is 1.35. The van der Waals surface area contributed by atoms with Gasteiger partial charge < -0.3 is 10.2 Å². The summed E-state index contributed by atoms with van der Waals surface area (Å²) in [6, 6.07) is 5.13. The largest absolute Gasteiger partial charge is 0.416 e. The number of halogens is 3. The van der Waals surface area contributed by atoms with Crippen molar-refractivity contribution in [3.8, 4) is 0 Å². The SMILES string of the molecule is CCN1C(=O)C=C[C@@]2(C)C1CC[C@@H]1[C@H]2CC[C@]2(C)C(C(=O)Nc3cccc(C(F)(F)F)c3)CC[C@@H]12. The zero-order chi connectivity index (χ0) is 25.2. The van der Waals surface area contributed by atoms with E-state index in [1.165, 1.54) is 12.1 Å². The number of carbonyl (C=O) groups is 2. The Morgan fingerprint density at radius 1 is 1.11 bits per heavy atom. The maximum absolute atomic E-state index is 13.4. The first-order chi connectivity index (χ1) is 16.5. The molecule has 3 fully saturated rings. The summed E-state index contributed by atoms with van der Waals surface area (Å²) in [5.74, 6) is 1.14. The lowest BCUT2D eigenvalue weighted by Crippen LogP contribution is -2.60. The van der Waals surface area contributed by atoms with Gasteiger partial charge in [0.15, 0.2) is 0 Å². The van der Waals surface area contributed by atoms with Crippen molar-refractivity contribution >= 4 is 17.5 Å². The Hall–Kier alpha value is -2.31. The quantitative estimate of drug-likeness (QED) is 0.544. The molecule has 3 saturated carbocycles. The van der Waals surface area contributed by atoms with Gasteiger partial charge in [-0.2, -0.15) is 13.2 Å². The van der Waals surface area contributed by atoms with Crippen LogP contribution < -0.4 is 5.32 Å². The van der Waals surface area contributed by atoms with E-state index in [-0.39, 0.29) is 40.3 Å². The van der Waals surface area contributed by atoms with Crippen molar-refractivity contribution in [1.29, 1.82) is 0 Å². The topological polar surface area (TPSA) is 49.4 Å². The van der Waals surface area contributed by atoms with Gasteiger partial charge in [0.2, 0.25) is 11.8 Å². The van der Waals surface area contributed by atoms with E-state index < -0.39 is 11.7 Å². The molecule has 4 nitrogen and oxygen atoms in total. The highest BCUT2D eigenvalue weighted by molar-refractivity contribution is 5.93. The number of fused-ring (bicyclic) bond motifs is 5. The number of hydrogen-bond donors (Lipinski definition) is 1. The highest BCUT2D eigenvalue weighted by Crippen LogP contribution is 2.65. The monoisotopic (exact) mass is 488 g/mol. The van der Waals surface area contributed by atoms with Crippen LogP contribution in [0.15, 0.2) is 36.4 Å². The van der Waals surface area contributed by atoms with E-state index in [4.69, 9.17) is 0 Å². The minimum absolute atomic E-state index is 0.0491. The van der Waals surface area contributed by atoms with Gasteiger partial charge in [-0.15, -0.1) is 0 Å². The summed E-state index contributed by atoms with van der Waals surface area (Å²) in [5, 5.41) is 2.80. The molecule has 35 heavy (non-hydrogen) atoms. The number of carbonyl (C=O) groups excluding carboxylic acids is 2. The smallest absolute Gasteiger partial charge is 0.336 e. The summed E-state index contributed by atoms with van der Waals surface area (Å²) in [7, 11) is 0. The molecule has 1 aromatic carbocycles. The third kappa shape index (κ3) is 3.80. The summed E-state index contributed by atoms with van der Waals surface area (Å²) in [6.07, 6.45) is 5.20. The van der Waals surface area contributed by atoms with Crippen LogP contribution in [0.4, 0.5) is 18.9 Å². The lowest BCUT2D eigenvalue weighted by Gasteiger charge is -2.60. The summed E-state index contributed by atoms with van der Waals surface area (Å²) < 4.78 is 39.4. The number of amides is 2. The number of hydrogen-bond acceptors (Lipinski definition) is 2. The molecular formula is C28H35F3N2O2. The van der Waals surface area contributed by atoms with E-state index in [0.29, 0.717) is 17.8 Å². The van der Waals surface area contributed by atoms with Crippen LogP contribution in [0.1, 0.15) is 64.9 Å². The second kappa shape index (κ2) is 8.38. The van der Waals surface area contributed by atoms with E-state index in [0.717, 1.165) is 57.2 Å². The highest BCUT2D eigenvalue weighted by atomic mass is 19.4. The first-order valence-electron chi connectivity index (χ1n) is 13.0. The molecule has 1 aromatic rings. The van der Waals surface area contributed by atoms with Crippen molar-refractivity contribution in [3.05, 3.63) is 42.0 Å². The maximum atomic E-state index is 13.4. The molecule has 0 spiro atoms. The van der Waals surface area contributed by atoms with Gasteiger partial charge in [-0.25, -0.2) is 0 Å². The number of alkyl halides is 3. The molecule has 2 unspecified atom stereocenters. The van der Waals surface area contributed by atoms with Crippen molar-refractivity contribution in [3.63, 3.8) is 0 Å². The first-order valence-corrected chi connectivity index (χ1v) is 13.0. The highest BCUT2D eigenvalue weighted by Gasteiger charge is 2.61. The third-order valence-electron chi connectivity index (χ3n) is 10.1. The molecule has 0 radical (unpaired) electrons. The predicted molar refractivity (Wildman–Crippen MR) is 128 cm³/mol. The molecule has 7 heteroatoms. The fourth-order valence-corrected chi connectivity index (χ4v) is 8.41. The van der Waals surface area contributed by atoms with Crippen LogP contribution in [0.2, 0.25) is 0 Å². The van der Waals surface area contributed by atoms with Crippen molar-refractivity contribution in [2.45, 2.75) is 71.5 Å². The molecule has 2 amide bonds. The summed E-state index contributed by atoms with van der Waals surface area (Å²) in [4.78, 5) is 27.9. The molecule has 1 aliphatic heterocycles. The molecule has 0 saturated heterocycles. The summed E-state index contributed by atoms with van der Waals surface area (Å²) in [5.41, 5.74) is -0.756. The normalized spacial score (nSPS) is 38.5. The second-order valence-corrected chi connectivity index (χ2v) is 11.5. The Labute approximate surface area is 205 Å². The molecule has 0 aromatic heterocycles. The molecule has 5 rings (SSSR count). The van der Waals surface area contributed by atoms with Crippen LogP contribution >= 0.6 is 0 Å². The van der Waals surface area contributed by atoms with Crippen molar-refractivity contribution < 1.29 is 22.8 Å². The number of nitrogens with one attached hydrogen (secondary N) is 1. The molecule has 3 aliphatic carbocycles. The van der Waals surface area contributed by atoms with Crippen molar-refractivity contribution in [2.75, 3.05) is 11.9 Å². The number of likely N-dealkylation sites (N-methyl/N-ethyl adjacent to an activating group) is 1. The molecule has 1 N–H and O–H groups in total. The zero-order valence-corrected chi connectivity index (χ0v) is 20.7. The Morgan fingerprint density at radius 3 is 2.60 bits per heavy atom. The molecule has 4 aliphatic rings. The molecule has 1 heterocycles. The van der Waals surface area contributed by atoms with Crippen LogP contribution in [-0.2, 0) is 15.8 Å². The molecule has 190 valence electrons. The van der Waals surface area contributed by atoms with Crippen molar-refractivity contribution in [1.82, 2.24) is 4.90 Å². The van der Waals surface area contributed by atoms with E-state index in [1.807, 2.05) is 11.8 Å². The van der Waals surface area contributed by atoms with Gasteiger partial charge in [0.25, 0.3) is 0 Å². The lowest BCUT2D eigenvalue weighted by molar-refractivity contribution is -0.143. The van der Waals surface area contributed by atoms with Crippen LogP contribution in [0, 0.1) is 34.5 Å². The lowest BCUT2D eigenvalue weighted by atomic mass is 9.47. The predicted octanol–water partition coefficient (Wildman–Crippen LogP) is 6.29. The number of nitrogens with zero attached hydrogens (tertiary/aromatic N) is 1. The van der Waals surface area contributed by atoms with Crippen LogP contribution in [0.3, 0.4) is 0 Å². The zero-order valence-electron chi connectivity index (χ0n) is 20.7. The fraction of sp³-hybridized carbons (Fsp3) is 0.643. The average Bonchev–Trinajstić information content (AvgIpc) is 3.16. The van der Waals surface area contributed by atoms with E-state index >= 15 is 0 Å². The minimum Gasteiger partial charge on any atom is -0.336 e. The Bertz CT molecular complexity index is 1050. The Kier molecular flexibility index (Phi) is 5.84. The van der Waals surface area contributed by atoms with Crippen molar-refractivity contribution in [2.24, 2.45) is 34.5 Å². The van der Waals surface area contributed by atoms with Crippen LogP contribution in [0.25, 0.3) is 0 Å². The van der Waals surface area contributed by atoms with E-state index in [9.17, 15) is 22.8 Å². The summed E-state index contributed by atoms with van der Waals surface area (Å²) >= 11 is 0. The standard InChI is InChI=1S/C28H35F3N2O2/c1-4-33-23-11-8-19-20-9-10-22(25(35)32-18-7-5-6-17(16-18)28(29,30)31)26(20,2)14-12-21(19)27(23,3)15-13-24(33)34/h5-7,13,15-16,19-23H,4,8-12,14H2,1-3H3,(H,32,35)/t19-,20-,21+,22?,23?,26-,27+/m0/s1. The number of anilines is 1. The molecule has 7 atom stereocenters. The van der Waals surface area contributed by atoms with Gasteiger partial charge in [-0.1, -0.05) is 26.0 Å². The first kappa shape index (κ1) is 24.4. The maximum Gasteiger partial charge on any atom is 0.416 e. The van der Waals surface area contributed by atoms with Gasteiger partial charge in [0.05, 0.1) is 5.56 Å².